The normalized spacial score (nSPS) is 12.1. The number of rotatable bonds is 5. The van der Waals surface area contributed by atoms with Crippen LogP contribution in [0.25, 0.3) is 0 Å². The van der Waals surface area contributed by atoms with Crippen molar-refractivity contribution in [1.29, 1.82) is 0 Å². The lowest BCUT2D eigenvalue weighted by Crippen LogP contribution is -2.17. The Bertz CT molecular complexity index is 534. The quantitative estimate of drug-likeness (QED) is 0.774. The molecule has 4 nitrogen and oxygen atoms in total. The van der Waals surface area contributed by atoms with E-state index in [1.807, 2.05) is 22.8 Å². The summed E-state index contributed by atoms with van der Waals surface area (Å²) in [6.45, 7) is 4.26. The van der Waals surface area contributed by atoms with Crippen LogP contribution in [0, 0.1) is 0 Å². The van der Waals surface area contributed by atoms with E-state index >= 15 is 0 Å². The molecule has 1 aromatic carbocycles. The zero-order valence-corrected chi connectivity index (χ0v) is 11.2. The molecule has 0 radical (unpaired) electrons. The lowest BCUT2D eigenvalue weighted by molar-refractivity contribution is 0.0512. The van der Waals surface area contributed by atoms with Crippen LogP contribution in [0.3, 0.4) is 0 Å². The molecule has 0 amide bonds. The third kappa shape index (κ3) is 2.84. The molecule has 2 aromatic rings. The smallest absolute Gasteiger partial charge is 0.356 e. The Hall–Kier alpha value is -2.10. The van der Waals surface area contributed by atoms with Crippen molar-refractivity contribution in [3.63, 3.8) is 0 Å². The summed E-state index contributed by atoms with van der Waals surface area (Å²) in [4.78, 5) is 16.0. The molecule has 0 saturated heterocycles. The highest BCUT2D eigenvalue weighted by molar-refractivity contribution is 5.87. The van der Waals surface area contributed by atoms with Gasteiger partial charge in [0.1, 0.15) is 5.69 Å². The van der Waals surface area contributed by atoms with Crippen molar-refractivity contribution in [3.8, 4) is 0 Å². The van der Waals surface area contributed by atoms with E-state index in [1.54, 1.807) is 19.4 Å². The molecule has 1 atom stereocenters. The van der Waals surface area contributed by atoms with Gasteiger partial charge in [0, 0.05) is 0 Å². The third-order valence-corrected chi connectivity index (χ3v) is 3.06. The Kier molecular flexibility index (Phi) is 4.34. The minimum absolute atomic E-state index is 0.100. The van der Waals surface area contributed by atoms with Gasteiger partial charge in [0.05, 0.1) is 25.2 Å². The molecule has 2 rings (SSSR count). The van der Waals surface area contributed by atoms with E-state index in [2.05, 4.69) is 24.0 Å². The van der Waals surface area contributed by atoms with Gasteiger partial charge in [-0.2, -0.15) is 0 Å². The molecule has 0 N–H and O–H groups in total. The number of carbonyl (C=O) groups is 1. The monoisotopic (exact) mass is 258 g/mol. The summed E-state index contributed by atoms with van der Waals surface area (Å²) in [6, 6.07) is 10.2. The van der Waals surface area contributed by atoms with Gasteiger partial charge in [0.25, 0.3) is 0 Å². The highest BCUT2D eigenvalue weighted by Crippen LogP contribution is 2.23. The van der Waals surface area contributed by atoms with E-state index in [-0.39, 0.29) is 12.0 Å². The van der Waals surface area contributed by atoms with Gasteiger partial charge >= 0.3 is 5.97 Å². The number of benzene rings is 1. The Labute approximate surface area is 113 Å². The zero-order valence-electron chi connectivity index (χ0n) is 11.2. The van der Waals surface area contributed by atoms with Crippen molar-refractivity contribution in [2.24, 2.45) is 0 Å². The number of aromatic nitrogens is 2. The summed E-state index contributed by atoms with van der Waals surface area (Å²) in [7, 11) is 0. The number of carbonyl (C=O) groups excluding carboxylic acids is 1. The summed E-state index contributed by atoms with van der Waals surface area (Å²) in [5, 5.41) is 0. The van der Waals surface area contributed by atoms with Crippen LogP contribution in [-0.4, -0.2) is 22.1 Å². The molecule has 0 spiro atoms. The van der Waals surface area contributed by atoms with Crippen LogP contribution in [0.4, 0.5) is 0 Å². The van der Waals surface area contributed by atoms with Gasteiger partial charge in [0.15, 0.2) is 0 Å². The van der Waals surface area contributed by atoms with Crippen molar-refractivity contribution >= 4 is 5.97 Å². The fraction of sp³-hybridized carbons (Fsp3) is 0.333. The first-order valence-electron chi connectivity index (χ1n) is 6.51. The first-order chi connectivity index (χ1) is 9.27. The second-order valence-corrected chi connectivity index (χ2v) is 4.24. The first kappa shape index (κ1) is 13.3. The Morgan fingerprint density at radius 3 is 2.68 bits per heavy atom. The summed E-state index contributed by atoms with van der Waals surface area (Å²) in [6.07, 6.45) is 4.13. The number of esters is 1. The van der Waals surface area contributed by atoms with Crippen LogP contribution in [-0.2, 0) is 4.74 Å². The number of nitrogens with zero attached hydrogens (tertiary/aromatic N) is 2. The fourth-order valence-corrected chi connectivity index (χ4v) is 2.18. The van der Waals surface area contributed by atoms with E-state index < -0.39 is 0 Å². The Morgan fingerprint density at radius 1 is 1.32 bits per heavy atom. The number of imidazole rings is 1. The van der Waals surface area contributed by atoms with Crippen LogP contribution in [0.15, 0.2) is 42.9 Å². The van der Waals surface area contributed by atoms with Gasteiger partial charge in [-0.3, -0.25) is 0 Å². The van der Waals surface area contributed by atoms with E-state index in [9.17, 15) is 4.79 Å². The van der Waals surface area contributed by atoms with Crippen molar-refractivity contribution < 1.29 is 9.53 Å². The number of ether oxygens (including phenoxy) is 1. The molecule has 4 heteroatoms. The lowest BCUT2D eigenvalue weighted by Gasteiger charge is -2.19. The van der Waals surface area contributed by atoms with Crippen molar-refractivity contribution in [3.05, 3.63) is 54.1 Å². The average Bonchev–Trinajstić information content (AvgIpc) is 2.90. The number of hydrogen-bond acceptors (Lipinski definition) is 3. The van der Waals surface area contributed by atoms with E-state index in [0.717, 1.165) is 12.0 Å². The van der Waals surface area contributed by atoms with Crippen LogP contribution >= 0.6 is 0 Å². The molecule has 0 fully saturated rings. The van der Waals surface area contributed by atoms with Crippen molar-refractivity contribution in [2.45, 2.75) is 26.3 Å². The zero-order chi connectivity index (χ0) is 13.7. The van der Waals surface area contributed by atoms with E-state index in [4.69, 9.17) is 4.74 Å². The molecule has 0 bridgehead atoms. The van der Waals surface area contributed by atoms with Gasteiger partial charge in [-0.1, -0.05) is 37.3 Å². The molecule has 0 aliphatic heterocycles. The second-order valence-electron chi connectivity index (χ2n) is 4.24. The van der Waals surface area contributed by atoms with E-state index in [1.165, 1.54) is 0 Å². The maximum Gasteiger partial charge on any atom is 0.356 e. The predicted octanol–water partition coefficient (Wildman–Crippen LogP) is 3.06. The van der Waals surface area contributed by atoms with Crippen LogP contribution in [0.2, 0.25) is 0 Å². The van der Waals surface area contributed by atoms with Gasteiger partial charge < -0.3 is 9.30 Å². The maximum atomic E-state index is 11.9. The highest BCUT2D eigenvalue weighted by atomic mass is 16.5. The van der Waals surface area contributed by atoms with Gasteiger partial charge in [-0.15, -0.1) is 0 Å². The molecule has 0 unspecified atom stereocenters. The first-order valence-corrected chi connectivity index (χ1v) is 6.51. The Balaban J connectivity index is 2.35. The molecular weight excluding hydrogens is 240 g/mol. The third-order valence-electron chi connectivity index (χ3n) is 3.06. The fourth-order valence-electron chi connectivity index (χ4n) is 2.18. The molecule has 0 aliphatic rings. The summed E-state index contributed by atoms with van der Waals surface area (Å²) in [5.41, 5.74) is 1.66. The van der Waals surface area contributed by atoms with E-state index in [0.29, 0.717) is 12.3 Å². The topological polar surface area (TPSA) is 44.1 Å². The molecule has 19 heavy (non-hydrogen) atoms. The lowest BCUT2D eigenvalue weighted by atomic mass is 10.0. The minimum Gasteiger partial charge on any atom is -0.461 e. The van der Waals surface area contributed by atoms with Gasteiger partial charge in [0.2, 0.25) is 0 Å². The largest absolute Gasteiger partial charge is 0.461 e. The molecule has 1 aromatic heterocycles. The maximum absolute atomic E-state index is 11.9. The van der Waals surface area contributed by atoms with Crippen molar-refractivity contribution in [2.75, 3.05) is 6.61 Å². The Morgan fingerprint density at radius 2 is 2.05 bits per heavy atom. The van der Waals surface area contributed by atoms with Gasteiger partial charge in [-0.05, 0) is 18.9 Å². The average molecular weight is 258 g/mol. The highest BCUT2D eigenvalue weighted by Gasteiger charge is 2.19. The van der Waals surface area contributed by atoms with Crippen LogP contribution < -0.4 is 0 Å². The van der Waals surface area contributed by atoms with Crippen LogP contribution in [0.5, 0.6) is 0 Å². The molecule has 0 aliphatic carbocycles. The molecule has 1 heterocycles. The minimum atomic E-state index is -0.325. The number of hydrogen-bond donors (Lipinski definition) is 0. The standard InChI is InChI=1S/C15H18N2O2/c1-3-13(12-8-6-5-7-9-12)17-11-16-10-14(17)15(18)19-4-2/h5-11,13H,3-4H2,1-2H3/t13-/m0/s1. The summed E-state index contributed by atoms with van der Waals surface area (Å²) < 4.78 is 6.94. The molecule has 0 saturated carbocycles. The molecule has 100 valence electrons. The van der Waals surface area contributed by atoms with Gasteiger partial charge in [-0.25, -0.2) is 9.78 Å². The van der Waals surface area contributed by atoms with Crippen LogP contribution in [0.1, 0.15) is 42.4 Å². The second kappa shape index (κ2) is 6.18. The molecular formula is C15H18N2O2. The predicted molar refractivity (Wildman–Crippen MR) is 73.1 cm³/mol. The summed E-state index contributed by atoms with van der Waals surface area (Å²) >= 11 is 0. The SMILES string of the molecule is CCOC(=O)c1cncn1[C@@H](CC)c1ccccc1. The summed E-state index contributed by atoms with van der Waals surface area (Å²) in [5.74, 6) is -0.325. The van der Waals surface area contributed by atoms with Crippen molar-refractivity contribution in [1.82, 2.24) is 9.55 Å².